The van der Waals surface area contributed by atoms with Gasteiger partial charge in [-0.1, -0.05) is 6.92 Å². The van der Waals surface area contributed by atoms with Gasteiger partial charge >= 0.3 is 5.97 Å². The summed E-state index contributed by atoms with van der Waals surface area (Å²) in [5, 5.41) is 11.9. The van der Waals surface area contributed by atoms with E-state index in [1.165, 1.54) is 18.3 Å². The summed E-state index contributed by atoms with van der Waals surface area (Å²) in [4.78, 5) is 14.7. The zero-order valence-corrected chi connectivity index (χ0v) is 10.7. The number of anilines is 1. The molecule has 0 aliphatic rings. The highest BCUT2D eigenvalue weighted by Gasteiger charge is 2.07. The van der Waals surface area contributed by atoms with E-state index < -0.39 is 16.8 Å². The van der Waals surface area contributed by atoms with Gasteiger partial charge in [0.15, 0.2) is 0 Å². The van der Waals surface area contributed by atoms with Crippen molar-refractivity contribution in [1.29, 1.82) is 0 Å². The van der Waals surface area contributed by atoms with E-state index >= 15 is 0 Å². The Balaban J connectivity index is 2.49. The molecule has 0 amide bonds. The molecule has 0 fully saturated rings. The Bertz CT molecular complexity index is 423. The maximum absolute atomic E-state index is 11.1. The number of carboxylic acids is 1. The van der Waals surface area contributed by atoms with Gasteiger partial charge in [0, 0.05) is 35.0 Å². The van der Waals surface area contributed by atoms with Crippen LogP contribution in [0.3, 0.4) is 0 Å². The average Bonchev–Trinajstić information content (AvgIpc) is 2.29. The maximum atomic E-state index is 11.1. The monoisotopic (exact) mass is 256 g/mol. The van der Waals surface area contributed by atoms with Crippen molar-refractivity contribution >= 4 is 22.6 Å². The van der Waals surface area contributed by atoms with Gasteiger partial charge in [-0.3, -0.25) is 4.21 Å². The molecule has 2 unspecified atom stereocenters. The van der Waals surface area contributed by atoms with Crippen molar-refractivity contribution in [1.82, 2.24) is 4.98 Å². The van der Waals surface area contributed by atoms with Gasteiger partial charge in [0.05, 0.1) is 5.56 Å². The summed E-state index contributed by atoms with van der Waals surface area (Å²) < 4.78 is 11.1. The number of nitrogens with zero attached hydrogens (tertiary/aromatic N) is 1. The zero-order chi connectivity index (χ0) is 12.8. The maximum Gasteiger partial charge on any atom is 0.335 e. The Hall–Kier alpha value is -1.43. The first-order valence-corrected chi connectivity index (χ1v) is 6.88. The summed E-state index contributed by atoms with van der Waals surface area (Å²) in [5.41, 5.74) is 0.203. The molecule has 0 radical (unpaired) electrons. The summed E-state index contributed by atoms with van der Waals surface area (Å²) in [7, 11) is -0.834. The van der Waals surface area contributed by atoms with Gasteiger partial charge in [-0.25, -0.2) is 9.78 Å². The van der Waals surface area contributed by atoms with E-state index in [9.17, 15) is 9.00 Å². The highest BCUT2D eigenvalue weighted by molar-refractivity contribution is 7.84. The quantitative estimate of drug-likeness (QED) is 0.803. The fourth-order valence-corrected chi connectivity index (χ4v) is 1.68. The predicted molar refractivity (Wildman–Crippen MR) is 67.8 cm³/mol. The van der Waals surface area contributed by atoms with E-state index in [-0.39, 0.29) is 10.8 Å². The van der Waals surface area contributed by atoms with Crippen LogP contribution >= 0.6 is 0 Å². The van der Waals surface area contributed by atoms with Crippen LogP contribution in [0.2, 0.25) is 0 Å². The van der Waals surface area contributed by atoms with E-state index in [1.54, 1.807) is 6.26 Å². The van der Waals surface area contributed by atoms with Gasteiger partial charge < -0.3 is 10.4 Å². The molecule has 0 aromatic carbocycles. The summed E-state index contributed by atoms with van der Waals surface area (Å²) in [6, 6.07) is 2.92. The fourth-order valence-electron chi connectivity index (χ4n) is 1.23. The molecular weight excluding hydrogens is 240 g/mol. The van der Waals surface area contributed by atoms with Crippen LogP contribution in [-0.2, 0) is 10.8 Å². The lowest BCUT2D eigenvalue weighted by Crippen LogP contribution is -2.15. The standard InChI is InChI=1S/C11H16N2O3S/c1-8(17(2)16)3-5-12-10-7-9(11(14)15)4-6-13-10/h4,6-8H,3,5H2,1-2H3,(H,12,13)(H,14,15). The second kappa shape index (κ2) is 6.34. The number of aromatic carboxylic acids is 1. The van der Waals surface area contributed by atoms with Gasteiger partial charge in [-0.15, -0.1) is 0 Å². The summed E-state index contributed by atoms with van der Waals surface area (Å²) in [6.07, 6.45) is 3.88. The second-order valence-corrected chi connectivity index (χ2v) is 5.56. The molecule has 0 saturated carbocycles. The Kier molecular flexibility index (Phi) is 5.09. The molecule has 1 rings (SSSR count). The molecule has 94 valence electrons. The zero-order valence-electron chi connectivity index (χ0n) is 9.84. The summed E-state index contributed by atoms with van der Waals surface area (Å²) >= 11 is 0. The molecule has 1 heterocycles. The van der Waals surface area contributed by atoms with E-state index in [4.69, 9.17) is 5.11 Å². The molecule has 6 heteroatoms. The van der Waals surface area contributed by atoms with E-state index in [1.807, 2.05) is 6.92 Å². The second-order valence-electron chi connectivity index (χ2n) is 3.76. The molecule has 2 N–H and O–H groups in total. The lowest BCUT2D eigenvalue weighted by molar-refractivity contribution is 0.0697. The third kappa shape index (κ3) is 4.52. The number of rotatable bonds is 6. The van der Waals surface area contributed by atoms with Crippen molar-refractivity contribution in [3.63, 3.8) is 0 Å². The largest absolute Gasteiger partial charge is 0.478 e. The first-order chi connectivity index (χ1) is 8.00. The minimum atomic E-state index is -0.974. The highest BCUT2D eigenvalue weighted by Crippen LogP contribution is 2.07. The van der Waals surface area contributed by atoms with Gasteiger partial charge in [-0.05, 0) is 18.6 Å². The topological polar surface area (TPSA) is 79.3 Å². The number of aromatic nitrogens is 1. The minimum Gasteiger partial charge on any atom is -0.478 e. The Morgan fingerprint density at radius 2 is 2.35 bits per heavy atom. The molecule has 0 bridgehead atoms. The van der Waals surface area contributed by atoms with Crippen LogP contribution < -0.4 is 5.32 Å². The number of nitrogens with one attached hydrogen (secondary N) is 1. The third-order valence-corrected chi connectivity index (χ3v) is 3.80. The van der Waals surface area contributed by atoms with Crippen LogP contribution in [0.1, 0.15) is 23.7 Å². The predicted octanol–water partition coefficient (Wildman–Crippen LogP) is 1.35. The first kappa shape index (κ1) is 13.6. The normalized spacial score (nSPS) is 14.0. The van der Waals surface area contributed by atoms with Crippen LogP contribution in [0.25, 0.3) is 0 Å². The average molecular weight is 256 g/mol. The molecule has 2 atom stereocenters. The number of carbonyl (C=O) groups is 1. The highest BCUT2D eigenvalue weighted by atomic mass is 32.2. The molecule has 0 aliphatic carbocycles. The third-order valence-electron chi connectivity index (χ3n) is 2.43. The Morgan fingerprint density at radius 1 is 1.65 bits per heavy atom. The molecule has 17 heavy (non-hydrogen) atoms. The first-order valence-electron chi connectivity index (χ1n) is 5.26. The van der Waals surface area contributed by atoms with Crippen LogP contribution in [0.15, 0.2) is 18.3 Å². The lowest BCUT2D eigenvalue weighted by Gasteiger charge is -2.09. The van der Waals surface area contributed by atoms with E-state index in [0.29, 0.717) is 12.4 Å². The smallest absolute Gasteiger partial charge is 0.335 e. The van der Waals surface area contributed by atoms with Crippen molar-refractivity contribution in [3.05, 3.63) is 23.9 Å². The number of hydrogen-bond acceptors (Lipinski definition) is 4. The lowest BCUT2D eigenvalue weighted by atomic mass is 10.2. The summed E-state index contributed by atoms with van der Waals surface area (Å²) in [5.74, 6) is -0.447. The Morgan fingerprint density at radius 3 is 2.94 bits per heavy atom. The number of pyridine rings is 1. The van der Waals surface area contributed by atoms with Crippen LogP contribution in [0.4, 0.5) is 5.82 Å². The molecule has 1 aromatic heterocycles. The van der Waals surface area contributed by atoms with Crippen molar-refractivity contribution in [2.45, 2.75) is 18.6 Å². The van der Waals surface area contributed by atoms with Crippen molar-refractivity contribution < 1.29 is 14.1 Å². The van der Waals surface area contributed by atoms with Gasteiger partial charge in [0.2, 0.25) is 0 Å². The van der Waals surface area contributed by atoms with Crippen molar-refractivity contribution in [3.8, 4) is 0 Å². The van der Waals surface area contributed by atoms with Gasteiger partial charge in [-0.2, -0.15) is 0 Å². The summed E-state index contributed by atoms with van der Waals surface area (Å²) in [6.45, 7) is 2.54. The minimum absolute atomic E-state index is 0.116. The molecule has 1 aromatic rings. The Labute approximate surface area is 103 Å². The van der Waals surface area contributed by atoms with Crippen molar-refractivity contribution in [2.75, 3.05) is 18.1 Å². The SMILES string of the molecule is CC(CCNc1cc(C(=O)O)ccn1)S(C)=O. The van der Waals surface area contributed by atoms with Crippen LogP contribution in [0.5, 0.6) is 0 Å². The molecule has 0 saturated heterocycles. The van der Waals surface area contributed by atoms with Gasteiger partial charge in [0.25, 0.3) is 0 Å². The molecular formula is C11H16N2O3S. The van der Waals surface area contributed by atoms with E-state index in [0.717, 1.165) is 6.42 Å². The van der Waals surface area contributed by atoms with Crippen LogP contribution in [0, 0.1) is 0 Å². The fraction of sp³-hybridized carbons (Fsp3) is 0.455. The number of hydrogen-bond donors (Lipinski definition) is 2. The molecule has 0 aliphatic heterocycles. The molecule has 0 spiro atoms. The molecule has 5 nitrogen and oxygen atoms in total. The van der Waals surface area contributed by atoms with Gasteiger partial charge in [0.1, 0.15) is 5.82 Å². The van der Waals surface area contributed by atoms with E-state index in [2.05, 4.69) is 10.3 Å². The van der Waals surface area contributed by atoms with Crippen LogP contribution in [-0.4, -0.2) is 38.3 Å². The van der Waals surface area contributed by atoms with Crippen molar-refractivity contribution in [2.24, 2.45) is 0 Å². The number of carboxylic acid groups (broad SMARTS) is 1.